The van der Waals surface area contributed by atoms with Crippen LogP contribution in [-0.4, -0.2) is 44.1 Å². The lowest BCUT2D eigenvalue weighted by Gasteiger charge is -2.34. The van der Waals surface area contributed by atoms with Crippen molar-refractivity contribution in [1.29, 1.82) is 0 Å². The Labute approximate surface area is 157 Å². The van der Waals surface area contributed by atoms with Gasteiger partial charge in [-0.05, 0) is 37.1 Å². The van der Waals surface area contributed by atoms with Crippen LogP contribution >= 0.6 is 0 Å². The van der Waals surface area contributed by atoms with Gasteiger partial charge in [0, 0.05) is 31.1 Å². The summed E-state index contributed by atoms with van der Waals surface area (Å²) < 4.78 is 16.0. The zero-order valence-corrected chi connectivity index (χ0v) is 15.2. The fraction of sp³-hybridized carbons (Fsp3) is 0.350. The summed E-state index contributed by atoms with van der Waals surface area (Å²) in [6, 6.07) is 8.83. The fourth-order valence-corrected chi connectivity index (χ4v) is 3.64. The molecule has 0 unspecified atom stereocenters. The Hall–Kier alpha value is -2.96. The largest absolute Gasteiger partial charge is 0.507 e. The fourth-order valence-electron chi connectivity index (χ4n) is 3.64. The van der Waals surface area contributed by atoms with E-state index < -0.39 is 6.17 Å². The Kier molecular flexibility index (Phi) is 4.75. The van der Waals surface area contributed by atoms with Gasteiger partial charge in [-0.15, -0.1) is 10.2 Å². The molecular weight excluding hydrogens is 345 g/mol. The molecule has 2 heterocycles. The molecule has 0 saturated heterocycles. The van der Waals surface area contributed by atoms with Crippen LogP contribution in [0.25, 0.3) is 16.9 Å². The molecule has 1 saturated carbocycles. The summed E-state index contributed by atoms with van der Waals surface area (Å²) >= 11 is 0. The maximum Gasteiger partial charge on any atom is 0.151 e. The van der Waals surface area contributed by atoms with Crippen molar-refractivity contribution in [2.24, 2.45) is 0 Å². The predicted octanol–water partition coefficient (Wildman–Crippen LogP) is 3.75. The number of phenolic OH excluding ortho intramolecular Hbond substituents is 1. The van der Waals surface area contributed by atoms with Crippen LogP contribution in [0.4, 0.5) is 10.2 Å². The van der Waals surface area contributed by atoms with Crippen molar-refractivity contribution in [3.8, 4) is 22.7 Å². The molecule has 0 aliphatic heterocycles. The number of nitrogens with zero attached hydrogens (tertiary/aromatic N) is 5. The van der Waals surface area contributed by atoms with Gasteiger partial charge in [0.2, 0.25) is 0 Å². The molecule has 1 aliphatic carbocycles. The molecule has 1 aromatic carbocycles. The molecule has 3 aromatic rings. The van der Waals surface area contributed by atoms with Crippen LogP contribution < -0.4 is 4.90 Å². The Bertz CT molecular complexity index is 897. The lowest BCUT2D eigenvalue weighted by Crippen LogP contribution is -2.41. The van der Waals surface area contributed by atoms with Crippen LogP contribution in [0.15, 0.2) is 49.1 Å². The number of aromatic nitrogens is 4. The third kappa shape index (κ3) is 3.49. The number of hydrogen-bond donors (Lipinski definition) is 1. The Balaban J connectivity index is 1.55. The van der Waals surface area contributed by atoms with Gasteiger partial charge in [0.05, 0.1) is 23.8 Å². The minimum atomic E-state index is -0.829. The number of aromatic hydroxyl groups is 1. The number of anilines is 1. The molecule has 0 bridgehead atoms. The molecule has 0 amide bonds. The Morgan fingerprint density at radius 1 is 1.15 bits per heavy atom. The summed E-state index contributed by atoms with van der Waals surface area (Å²) in [5.41, 5.74) is 1.98. The van der Waals surface area contributed by atoms with Crippen LogP contribution in [-0.2, 0) is 0 Å². The van der Waals surface area contributed by atoms with Gasteiger partial charge in [0.25, 0.3) is 0 Å². The molecule has 4 rings (SSSR count). The topological polar surface area (TPSA) is 67.1 Å². The first-order valence-corrected chi connectivity index (χ1v) is 9.16. The molecule has 6 nitrogen and oxygen atoms in total. The summed E-state index contributed by atoms with van der Waals surface area (Å²) in [4.78, 5) is 5.88. The normalized spacial score (nSPS) is 19.8. The predicted molar refractivity (Wildman–Crippen MR) is 102 cm³/mol. The highest BCUT2D eigenvalue weighted by Crippen LogP contribution is 2.31. The van der Waals surface area contributed by atoms with Gasteiger partial charge >= 0.3 is 0 Å². The quantitative estimate of drug-likeness (QED) is 0.761. The van der Waals surface area contributed by atoms with Crippen molar-refractivity contribution in [3.05, 3.63) is 49.1 Å². The van der Waals surface area contributed by atoms with E-state index in [0.717, 1.165) is 24.9 Å². The molecule has 0 spiro atoms. The second-order valence-electron chi connectivity index (χ2n) is 6.93. The Morgan fingerprint density at radius 2 is 2.00 bits per heavy atom. The molecule has 2 aromatic heterocycles. The van der Waals surface area contributed by atoms with Gasteiger partial charge in [-0.25, -0.2) is 9.37 Å². The first-order chi connectivity index (χ1) is 13.1. The van der Waals surface area contributed by atoms with Crippen molar-refractivity contribution in [1.82, 2.24) is 19.7 Å². The average Bonchev–Trinajstić information content (AvgIpc) is 3.23. The monoisotopic (exact) mass is 367 g/mol. The van der Waals surface area contributed by atoms with E-state index in [9.17, 15) is 9.50 Å². The zero-order chi connectivity index (χ0) is 18.8. The highest BCUT2D eigenvalue weighted by atomic mass is 19.1. The third-order valence-corrected chi connectivity index (χ3v) is 5.22. The summed E-state index contributed by atoms with van der Waals surface area (Å²) in [5.74, 6) is 0.760. The van der Waals surface area contributed by atoms with E-state index in [1.165, 1.54) is 0 Å². The highest BCUT2D eigenvalue weighted by Gasteiger charge is 2.29. The second-order valence-corrected chi connectivity index (χ2v) is 6.93. The molecule has 0 radical (unpaired) electrons. The molecule has 140 valence electrons. The van der Waals surface area contributed by atoms with E-state index in [1.807, 2.05) is 34.8 Å². The van der Waals surface area contributed by atoms with Gasteiger partial charge in [-0.1, -0.05) is 12.8 Å². The van der Waals surface area contributed by atoms with Crippen molar-refractivity contribution < 1.29 is 9.50 Å². The highest BCUT2D eigenvalue weighted by molar-refractivity contribution is 5.69. The van der Waals surface area contributed by atoms with Crippen LogP contribution in [0.3, 0.4) is 0 Å². The first-order valence-electron chi connectivity index (χ1n) is 9.16. The standard InChI is InChI=1S/C20H22FN5O/c1-25(18-5-3-2-4-16(18)21)20-9-8-17(23-24-20)15-7-6-14(12-19(15)27)26-11-10-22-13-26/h6-13,16,18,27H,2-5H2,1H3/t16-,18+/m1/s1. The van der Waals surface area contributed by atoms with Gasteiger partial charge in [0.15, 0.2) is 5.82 Å². The number of halogens is 1. The summed E-state index contributed by atoms with van der Waals surface area (Å²) in [6.07, 6.45) is 7.76. The molecule has 1 aliphatic rings. The van der Waals surface area contributed by atoms with Crippen molar-refractivity contribution in [3.63, 3.8) is 0 Å². The van der Waals surface area contributed by atoms with Gasteiger partial charge in [0.1, 0.15) is 11.9 Å². The SMILES string of the molecule is CN(c1ccc(-c2ccc(-n3ccnc3)cc2O)nn1)[C@H]1CCCC[C@H]1F. The van der Waals surface area contributed by atoms with Gasteiger partial charge in [-0.2, -0.15) is 0 Å². The number of phenols is 1. The van der Waals surface area contributed by atoms with Gasteiger partial charge < -0.3 is 14.6 Å². The maximum absolute atomic E-state index is 14.2. The lowest BCUT2D eigenvalue weighted by atomic mass is 9.92. The molecule has 2 atom stereocenters. The van der Waals surface area contributed by atoms with E-state index in [0.29, 0.717) is 23.5 Å². The van der Waals surface area contributed by atoms with Gasteiger partial charge in [-0.3, -0.25) is 0 Å². The number of benzene rings is 1. The summed E-state index contributed by atoms with van der Waals surface area (Å²) in [5, 5.41) is 18.9. The van der Waals surface area contributed by atoms with Crippen molar-refractivity contribution in [2.45, 2.75) is 37.9 Å². The van der Waals surface area contributed by atoms with E-state index >= 15 is 0 Å². The zero-order valence-electron chi connectivity index (χ0n) is 15.2. The lowest BCUT2D eigenvalue weighted by molar-refractivity contribution is 0.213. The van der Waals surface area contributed by atoms with Crippen LogP contribution in [0, 0.1) is 0 Å². The number of rotatable bonds is 4. The van der Waals surface area contributed by atoms with Crippen LogP contribution in [0.5, 0.6) is 5.75 Å². The third-order valence-electron chi connectivity index (χ3n) is 5.22. The second kappa shape index (κ2) is 7.34. The molecule has 1 N–H and O–H groups in total. The van der Waals surface area contributed by atoms with E-state index in [2.05, 4.69) is 15.2 Å². The molecule has 27 heavy (non-hydrogen) atoms. The summed E-state index contributed by atoms with van der Waals surface area (Å²) in [7, 11) is 1.86. The van der Waals surface area contributed by atoms with Crippen molar-refractivity contribution >= 4 is 5.82 Å². The van der Waals surface area contributed by atoms with E-state index in [1.54, 1.807) is 30.7 Å². The van der Waals surface area contributed by atoms with E-state index in [4.69, 9.17) is 0 Å². The van der Waals surface area contributed by atoms with Crippen LogP contribution in [0.1, 0.15) is 25.7 Å². The molecule has 7 heteroatoms. The minimum absolute atomic E-state index is 0.118. The minimum Gasteiger partial charge on any atom is -0.507 e. The summed E-state index contributed by atoms with van der Waals surface area (Å²) in [6.45, 7) is 0. The number of imidazole rings is 1. The van der Waals surface area contributed by atoms with Crippen molar-refractivity contribution in [2.75, 3.05) is 11.9 Å². The smallest absolute Gasteiger partial charge is 0.151 e. The Morgan fingerprint density at radius 3 is 2.67 bits per heavy atom. The molecule has 1 fully saturated rings. The number of hydrogen-bond acceptors (Lipinski definition) is 5. The number of alkyl halides is 1. The van der Waals surface area contributed by atoms with E-state index in [-0.39, 0.29) is 11.8 Å². The molecular formula is C20H22FN5O. The van der Waals surface area contributed by atoms with Crippen LogP contribution in [0.2, 0.25) is 0 Å². The first kappa shape index (κ1) is 17.5. The maximum atomic E-state index is 14.2. The average molecular weight is 367 g/mol.